The van der Waals surface area contributed by atoms with Gasteiger partial charge in [0, 0.05) is 6.07 Å². The summed E-state index contributed by atoms with van der Waals surface area (Å²) in [5.41, 5.74) is 0.620. The highest BCUT2D eigenvalue weighted by Crippen LogP contribution is 2.29. The Morgan fingerprint density at radius 2 is 1.61 bits per heavy atom. The molecule has 2 unspecified atom stereocenters. The Labute approximate surface area is 108 Å². The van der Waals surface area contributed by atoms with Gasteiger partial charge in [-0.15, -0.1) is 0 Å². The largest absolute Gasteiger partial charge is 0.393 e. The molecule has 18 heavy (non-hydrogen) atoms. The average Bonchev–Trinajstić information content (AvgIpc) is 2.13. The van der Waals surface area contributed by atoms with Gasteiger partial charge in [-0.2, -0.15) is 0 Å². The van der Waals surface area contributed by atoms with Crippen molar-refractivity contribution in [2.24, 2.45) is 11.3 Å². The number of aliphatic hydroxyl groups excluding tert-OH is 1. The first kappa shape index (κ1) is 15.1. The lowest BCUT2D eigenvalue weighted by atomic mass is 9.78. The number of hydrogen-bond donors (Lipinski definition) is 1. The standard InChI is InChI=1S/C15H22F2O/c1-10(15(2,3)4)5-14(18)8-11-6-12(16)9-13(17)7-11/h6-7,9-10,14,18H,5,8H2,1-4H3. The summed E-state index contributed by atoms with van der Waals surface area (Å²) in [5, 5.41) is 9.97. The van der Waals surface area contributed by atoms with E-state index in [1.165, 1.54) is 12.1 Å². The number of halogens is 2. The lowest BCUT2D eigenvalue weighted by Crippen LogP contribution is -2.24. The Hall–Kier alpha value is -0.960. The number of aliphatic hydroxyl groups is 1. The summed E-state index contributed by atoms with van der Waals surface area (Å²) in [6.07, 6.45) is 0.344. The third-order valence-corrected chi connectivity index (χ3v) is 3.50. The van der Waals surface area contributed by atoms with Crippen LogP contribution < -0.4 is 0 Å². The van der Waals surface area contributed by atoms with Gasteiger partial charge in [-0.05, 0) is 41.9 Å². The summed E-state index contributed by atoms with van der Waals surface area (Å²) in [6, 6.07) is 3.38. The van der Waals surface area contributed by atoms with Crippen molar-refractivity contribution in [3.05, 3.63) is 35.4 Å². The van der Waals surface area contributed by atoms with E-state index in [0.29, 0.717) is 17.9 Å². The van der Waals surface area contributed by atoms with Gasteiger partial charge in [0.1, 0.15) is 11.6 Å². The van der Waals surface area contributed by atoms with E-state index in [1.54, 1.807) is 0 Å². The fourth-order valence-electron chi connectivity index (χ4n) is 1.85. The molecule has 0 aromatic heterocycles. The summed E-state index contributed by atoms with van der Waals surface area (Å²) >= 11 is 0. The molecule has 0 bridgehead atoms. The van der Waals surface area contributed by atoms with Gasteiger partial charge in [-0.1, -0.05) is 27.7 Å². The van der Waals surface area contributed by atoms with Crippen molar-refractivity contribution < 1.29 is 13.9 Å². The molecule has 0 radical (unpaired) electrons. The van der Waals surface area contributed by atoms with E-state index in [2.05, 4.69) is 27.7 Å². The van der Waals surface area contributed by atoms with E-state index >= 15 is 0 Å². The zero-order chi connectivity index (χ0) is 13.9. The van der Waals surface area contributed by atoms with Gasteiger partial charge in [-0.25, -0.2) is 8.78 Å². The highest BCUT2D eigenvalue weighted by atomic mass is 19.1. The molecule has 0 amide bonds. The van der Waals surface area contributed by atoms with Crippen LogP contribution in [0.5, 0.6) is 0 Å². The smallest absolute Gasteiger partial charge is 0.126 e. The van der Waals surface area contributed by atoms with Gasteiger partial charge in [0.15, 0.2) is 0 Å². The van der Waals surface area contributed by atoms with Crippen molar-refractivity contribution in [3.63, 3.8) is 0 Å². The Kier molecular flexibility index (Phi) is 4.85. The van der Waals surface area contributed by atoms with Gasteiger partial charge < -0.3 is 5.11 Å². The monoisotopic (exact) mass is 256 g/mol. The van der Waals surface area contributed by atoms with Crippen LogP contribution in [0.4, 0.5) is 8.78 Å². The molecule has 1 aromatic carbocycles. The van der Waals surface area contributed by atoms with Gasteiger partial charge in [-0.3, -0.25) is 0 Å². The van der Waals surface area contributed by atoms with Gasteiger partial charge in [0.25, 0.3) is 0 Å². The molecule has 1 rings (SSSR count). The molecular formula is C15H22F2O. The minimum atomic E-state index is -0.596. The fourth-order valence-corrected chi connectivity index (χ4v) is 1.85. The summed E-state index contributed by atoms with van der Waals surface area (Å²) in [5.74, 6) is -0.854. The predicted octanol–water partition coefficient (Wildman–Crippen LogP) is 3.94. The van der Waals surface area contributed by atoms with E-state index < -0.39 is 17.7 Å². The SMILES string of the molecule is CC(CC(O)Cc1cc(F)cc(F)c1)C(C)(C)C. The van der Waals surface area contributed by atoms with Crippen LogP contribution in [-0.2, 0) is 6.42 Å². The Morgan fingerprint density at radius 3 is 2.06 bits per heavy atom. The first-order valence-corrected chi connectivity index (χ1v) is 6.31. The second-order valence-electron chi connectivity index (χ2n) is 6.14. The van der Waals surface area contributed by atoms with Crippen LogP contribution in [0.2, 0.25) is 0 Å². The molecule has 1 aromatic rings. The van der Waals surface area contributed by atoms with Crippen molar-refractivity contribution in [1.82, 2.24) is 0 Å². The molecule has 1 nitrogen and oxygen atoms in total. The number of rotatable bonds is 4. The zero-order valence-electron chi connectivity index (χ0n) is 11.5. The molecule has 3 heteroatoms. The molecule has 0 saturated carbocycles. The highest BCUT2D eigenvalue weighted by molar-refractivity contribution is 5.18. The van der Waals surface area contributed by atoms with Gasteiger partial charge in [0.05, 0.1) is 6.10 Å². The predicted molar refractivity (Wildman–Crippen MR) is 69.3 cm³/mol. The summed E-state index contributed by atoms with van der Waals surface area (Å²) in [4.78, 5) is 0. The lowest BCUT2D eigenvalue weighted by molar-refractivity contribution is 0.110. The highest BCUT2D eigenvalue weighted by Gasteiger charge is 2.22. The van der Waals surface area contributed by atoms with E-state index in [-0.39, 0.29) is 11.8 Å². The lowest BCUT2D eigenvalue weighted by Gasteiger charge is -2.29. The normalized spacial score (nSPS) is 15.5. The maximum absolute atomic E-state index is 13.0. The van der Waals surface area contributed by atoms with Crippen LogP contribution in [0.1, 0.15) is 39.7 Å². The second kappa shape index (κ2) is 5.79. The quantitative estimate of drug-likeness (QED) is 0.865. The van der Waals surface area contributed by atoms with Crippen molar-refractivity contribution in [2.75, 3.05) is 0 Å². The average molecular weight is 256 g/mol. The minimum absolute atomic E-state index is 0.119. The van der Waals surface area contributed by atoms with E-state index in [4.69, 9.17) is 0 Å². The molecule has 0 heterocycles. The van der Waals surface area contributed by atoms with Crippen molar-refractivity contribution in [2.45, 2.75) is 46.6 Å². The van der Waals surface area contributed by atoms with Crippen LogP contribution >= 0.6 is 0 Å². The Balaban J connectivity index is 2.62. The number of hydrogen-bond acceptors (Lipinski definition) is 1. The van der Waals surface area contributed by atoms with Crippen LogP contribution in [-0.4, -0.2) is 11.2 Å². The van der Waals surface area contributed by atoms with Crippen LogP contribution in [0.25, 0.3) is 0 Å². The second-order valence-corrected chi connectivity index (χ2v) is 6.14. The van der Waals surface area contributed by atoms with Crippen molar-refractivity contribution in [3.8, 4) is 0 Å². The third-order valence-electron chi connectivity index (χ3n) is 3.50. The summed E-state index contributed by atoms with van der Waals surface area (Å²) in [6.45, 7) is 8.43. The Bertz CT molecular complexity index is 376. The fraction of sp³-hybridized carbons (Fsp3) is 0.600. The maximum Gasteiger partial charge on any atom is 0.126 e. The first-order valence-electron chi connectivity index (χ1n) is 6.31. The number of benzene rings is 1. The zero-order valence-corrected chi connectivity index (χ0v) is 11.5. The Morgan fingerprint density at radius 1 is 1.11 bits per heavy atom. The van der Waals surface area contributed by atoms with E-state index in [1.807, 2.05) is 0 Å². The molecule has 0 fully saturated rings. The molecule has 2 atom stereocenters. The molecule has 1 N–H and O–H groups in total. The molecule has 0 aliphatic carbocycles. The van der Waals surface area contributed by atoms with E-state index in [9.17, 15) is 13.9 Å². The van der Waals surface area contributed by atoms with Crippen LogP contribution in [0.15, 0.2) is 18.2 Å². The summed E-state index contributed by atoms with van der Waals surface area (Å²) < 4.78 is 26.0. The molecule has 0 saturated heterocycles. The van der Waals surface area contributed by atoms with Crippen molar-refractivity contribution in [1.29, 1.82) is 0 Å². The third kappa shape index (κ3) is 4.73. The van der Waals surface area contributed by atoms with Crippen LogP contribution in [0.3, 0.4) is 0 Å². The van der Waals surface area contributed by atoms with Gasteiger partial charge >= 0.3 is 0 Å². The minimum Gasteiger partial charge on any atom is -0.393 e. The van der Waals surface area contributed by atoms with Crippen LogP contribution in [0, 0.1) is 23.0 Å². The molecule has 0 aliphatic rings. The molecular weight excluding hydrogens is 234 g/mol. The first-order chi connectivity index (χ1) is 8.18. The van der Waals surface area contributed by atoms with Crippen molar-refractivity contribution >= 4 is 0 Å². The van der Waals surface area contributed by atoms with Gasteiger partial charge in [0.2, 0.25) is 0 Å². The molecule has 102 valence electrons. The summed E-state index contributed by atoms with van der Waals surface area (Å²) in [7, 11) is 0. The topological polar surface area (TPSA) is 20.2 Å². The van der Waals surface area contributed by atoms with E-state index in [0.717, 1.165) is 6.07 Å². The molecule has 0 aliphatic heterocycles. The molecule has 0 spiro atoms. The maximum atomic E-state index is 13.0.